The second-order valence-electron chi connectivity index (χ2n) is 7.45. The molecule has 8 heteroatoms. The molecule has 1 amide bonds. The van der Waals surface area contributed by atoms with E-state index in [9.17, 15) is 14.7 Å². The first-order valence-corrected chi connectivity index (χ1v) is 11.6. The van der Waals surface area contributed by atoms with Crippen molar-refractivity contribution >= 4 is 51.3 Å². The Morgan fingerprint density at radius 3 is 2.59 bits per heavy atom. The molecule has 1 aliphatic heterocycles. The highest BCUT2D eigenvalue weighted by molar-refractivity contribution is 8.18. The highest BCUT2D eigenvalue weighted by Crippen LogP contribution is 2.38. The van der Waals surface area contributed by atoms with Gasteiger partial charge in [0.05, 0.1) is 29.4 Å². The lowest BCUT2D eigenvalue weighted by molar-refractivity contribution is -0.121. The van der Waals surface area contributed by atoms with E-state index in [1.807, 2.05) is 50.3 Å². The molecule has 34 heavy (non-hydrogen) atoms. The Hall–Kier alpha value is -3.78. The molecule has 174 valence electrons. The van der Waals surface area contributed by atoms with Crippen LogP contribution in [0.25, 0.3) is 16.8 Å². The number of aromatic carboxylic acids is 1. The molecule has 1 saturated heterocycles. The number of ether oxygens (including phenoxy) is 2. The van der Waals surface area contributed by atoms with Crippen molar-refractivity contribution in [3.8, 4) is 11.5 Å². The molecular formula is C26H24N2O5S. The molecule has 0 bridgehead atoms. The molecule has 1 heterocycles. The molecule has 0 radical (unpaired) electrons. The van der Waals surface area contributed by atoms with Crippen molar-refractivity contribution in [1.82, 2.24) is 4.90 Å². The van der Waals surface area contributed by atoms with Crippen LogP contribution >= 0.6 is 11.8 Å². The Bertz CT molecular complexity index is 1330. The van der Waals surface area contributed by atoms with Gasteiger partial charge in [-0.1, -0.05) is 18.2 Å². The molecule has 1 fully saturated rings. The van der Waals surface area contributed by atoms with Gasteiger partial charge >= 0.3 is 5.97 Å². The number of amides is 1. The molecule has 0 aromatic heterocycles. The molecule has 0 unspecified atom stereocenters. The summed E-state index contributed by atoms with van der Waals surface area (Å²) in [5.41, 5.74) is 1.39. The third kappa shape index (κ3) is 4.77. The molecule has 7 nitrogen and oxygen atoms in total. The summed E-state index contributed by atoms with van der Waals surface area (Å²) in [6.45, 7) is 4.88. The zero-order chi connectivity index (χ0) is 24.2. The zero-order valence-corrected chi connectivity index (χ0v) is 19.9. The third-order valence-electron chi connectivity index (χ3n) is 5.20. The molecule has 1 N–H and O–H groups in total. The van der Waals surface area contributed by atoms with Crippen LogP contribution in [0, 0.1) is 0 Å². The van der Waals surface area contributed by atoms with Crippen molar-refractivity contribution < 1.29 is 24.2 Å². The van der Waals surface area contributed by atoms with Crippen LogP contribution in [0.5, 0.6) is 11.5 Å². The molecule has 3 aromatic rings. The number of hydrogen-bond acceptors (Lipinski definition) is 6. The number of rotatable bonds is 7. The molecule has 1 aliphatic rings. The number of carboxylic acid groups (broad SMARTS) is 1. The van der Waals surface area contributed by atoms with Gasteiger partial charge in [-0.25, -0.2) is 9.79 Å². The topological polar surface area (TPSA) is 88.4 Å². The lowest BCUT2D eigenvalue weighted by Crippen LogP contribution is -2.23. The van der Waals surface area contributed by atoms with Gasteiger partial charge in [-0.2, -0.15) is 0 Å². The van der Waals surface area contributed by atoms with E-state index in [0.717, 1.165) is 22.1 Å². The van der Waals surface area contributed by atoms with E-state index in [2.05, 4.69) is 4.99 Å². The molecule has 0 aliphatic carbocycles. The van der Waals surface area contributed by atoms with Crippen LogP contribution in [-0.2, 0) is 4.79 Å². The van der Waals surface area contributed by atoms with Gasteiger partial charge in [0.1, 0.15) is 11.5 Å². The van der Waals surface area contributed by atoms with Crippen LogP contribution in [0.4, 0.5) is 5.69 Å². The molecule has 4 rings (SSSR count). The third-order valence-corrected chi connectivity index (χ3v) is 6.26. The summed E-state index contributed by atoms with van der Waals surface area (Å²) >= 11 is 1.23. The number of aliphatic imine (C=N–C) groups is 1. The fraction of sp³-hybridized carbons (Fsp3) is 0.192. The van der Waals surface area contributed by atoms with Crippen LogP contribution in [0.15, 0.2) is 64.5 Å². The zero-order valence-electron chi connectivity index (χ0n) is 19.1. The van der Waals surface area contributed by atoms with Crippen molar-refractivity contribution in [3.05, 3.63) is 70.6 Å². The first-order valence-electron chi connectivity index (χ1n) is 10.8. The van der Waals surface area contributed by atoms with Gasteiger partial charge in [0, 0.05) is 12.6 Å². The summed E-state index contributed by atoms with van der Waals surface area (Å²) < 4.78 is 11.6. The number of thioether (sulfide) groups is 1. The van der Waals surface area contributed by atoms with Gasteiger partial charge in [-0.3, -0.25) is 9.69 Å². The highest BCUT2D eigenvalue weighted by Gasteiger charge is 2.31. The van der Waals surface area contributed by atoms with Crippen molar-refractivity contribution in [2.45, 2.75) is 13.8 Å². The SMILES string of the molecule is CCOc1ccc2ccc(OCC)c(/C=C3\SC(=Nc4cccc(C(=O)O)c4)N(C)C3=O)c2c1. The maximum absolute atomic E-state index is 13.1. The number of carboxylic acids is 1. The summed E-state index contributed by atoms with van der Waals surface area (Å²) in [5, 5.41) is 11.6. The maximum Gasteiger partial charge on any atom is 0.335 e. The normalized spacial score (nSPS) is 16.0. The Morgan fingerprint density at radius 2 is 1.85 bits per heavy atom. The standard InChI is InChI=1S/C26H24N2O5S/c1-4-32-19-11-9-16-10-12-22(33-5-2)21(20(16)14-19)15-23-24(29)28(3)26(34-23)27-18-8-6-7-17(13-18)25(30)31/h6-15H,4-5H2,1-3H3,(H,30,31)/b23-15-,27-26?. The Labute approximate surface area is 201 Å². The van der Waals surface area contributed by atoms with Crippen molar-refractivity contribution in [2.75, 3.05) is 20.3 Å². The van der Waals surface area contributed by atoms with E-state index >= 15 is 0 Å². The Morgan fingerprint density at radius 1 is 1.09 bits per heavy atom. The predicted molar refractivity (Wildman–Crippen MR) is 135 cm³/mol. The summed E-state index contributed by atoms with van der Waals surface area (Å²) in [4.78, 5) is 30.8. The van der Waals surface area contributed by atoms with Crippen molar-refractivity contribution in [1.29, 1.82) is 0 Å². The minimum atomic E-state index is -1.03. The van der Waals surface area contributed by atoms with E-state index in [1.165, 1.54) is 28.8 Å². The van der Waals surface area contributed by atoms with Crippen LogP contribution in [0.3, 0.4) is 0 Å². The van der Waals surface area contributed by atoms with E-state index in [-0.39, 0.29) is 11.5 Å². The number of carbonyl (C=O) groups is 2. The van der Waals surface area contributed by atoms with Gasteiger partial charge in [0.15, 0.2) is 5.17 Å². The van der Waals surface area contributed by atoms with E-state index in [1.54, 1.807) is 19.2 Å². The largest absolute Gasteiger partial charge is 0.494 e. The van der Waals surface area contributed by atoms with Crippen molar-refractivity contribution in [3.63, 3.8) is 0 Å². The van der Waals surface area contributed by atoms with Gasteiger partial charge in [-0.15, -0.1) is 0 Å². The van der Waals surface area contributed by atoms with Gasteiger partial charge in [0.25, 0.3) is 5.91 Å². The first kappa shape index (κ1) is 23.4. The maximum atomic E-state index is 13.1. The van der Waals surface area contributed by atoms with E-state index in [4.69, 9.17) is 9.47 Å². The lowest BCUT2D eigenvalue weighted by atomic mass is 10.0. The summed E-state index contributed by atoms with van der Waals surface area (Å²) in [7, 11) is 1.65. The lowest BCUT2D eigenvalue weighted by Gasteiger charge is -2.12. The van der Waals surface area contributed by atoms with Gasteiger partial charge in [0.2, 0.25) is 0 Å². The second-order valence-corrected chi connectivity index (χ2v) is 8.46. The number of likely N-dealkylation sites (N-methyl/N-ethyl adjacent to an activating group) is 1. The number of benzene rings is 3. The number of carbonyl (C=O) groups excluding carboxylic acids is 1. The Balaban J connectivity index is 1.77. The monoisotopic (exact) mass is 476 g/mol. The van der Waals surface area contributed by atoms with Crippen LogP contribution in [0.2, 0.25) is 0 Å². The van der Waals surface area contributed by atoms with E-state index in [0.29, 0.717) is 34.7 Å². The van der Waals surface area contributed by atoms with Gasteiger partial charge < -0.3 is 14.6 Å². The number of amidine groups is 1. The predicted octanol–water partition coefficient (Wildman–Crippen LogP) is 5.57. The van der Waals surface area contributed by atoms with Gasteiger partial charge in [-0.05, 0) is 78.9 Å². The minimum Gasteiger partial charge on any atom is -0.494 e. The second kappa shape index (κ2) is 10.0. The number of nitrogens with zero attached hydrogens (tertiary/aromatic N) is 2. The quantitative estimate of drug-likeness (QED) is 0.449. The van der Waals surface area contributed by atoms with Crippen molar-refractivity contribution in [2.24, 2.45) is 4.99 Å². The first-order chi connectivity index (χ1) is 16.4. The molecule has 0 spiro atoms. The number of fused-ring (bicyclic) bond motifs is 1. The van der Waals surface area contributed by atoms with E-state index < -0.39 is 5.97 Å². The molecule has 0 atom stereocenters. The molecular weight excluding hydrogens is 452 g/mol. The summed E-state index contributed by atoms with van der Waals surface area (Å²) in [5.74, 6) is 0.189. The number of hydrogen-bond donors (Lipinski definition) is 1. The molecule has 0 saturated carbocycles. The average Bonchev–Trinajstić information content (AvgIpc) is 3.08. The fourth-order valence-electron chi connectivity index (χ4n) is 3.59. The Kier molecular flexibility index (Phi) is 6.88. The average molecular weight is 477 g/mol. The van der Waals surface area contributed by atoms with Crippen LogP contribution in [-0.4, -0.2) is 47.3 Å². The fourth-order valence-corrected chi connectivity index (χ4v) is 4.56. The van der Waals surface area contributed by atoms with Crippen LogP contribution < -0.4 is 9.47 Å². The van der Waals surface area contributed by atoms with Crippen LogP contribution in [0.1, 0.15) is 29.8 Å². The smallest absolute Gasteiger partial charge is 0.335 e. The summed E-state index contributed by atoms with van der Waals surface area (Å²) in [6.07, 6.45) is 1.82. The molecule has 3 aromatic carbocycles. The minimum absolute atomic E-state index is 0.136. The summed E-state index contributed by atoms with van der Waals surface area (Å²) in [6, 6.07) is 16.0. The highest BCUT2D eigenvalue weighted by atomic mass is 32.2.